The van der Waals surface area contributed by atoms with Gasteiger partial charge in [-0.2, -0.15) is 5.26 Å². The summed E-state index contributed by atoms with van der Waals surface area (Å²) in [6.45, 7) is 0. The van der Waals surface area contributed by atoms with E-state index >= 15 is 0 Å². The van der Waals surface area contributed by atoms with Gasteiger partial charge in [0.15, 0.2) is 0 Å². The molecule has 0 saturated heterocycles. The van der Waals surface area contributed by atoms with Gasteiger partial charge in [0.05, 0.1) is 10.0 Å². The minimum absolute atomic E-state index is 0.187. The zero-order chi connectivity index (χ0) is 12.3. The molecule has 0 heterocycles. The molecule has 3 nitrogen and oxygen atoms in total. The average molecular weight is 277 g/mol. The van der Waals surface area contributed by atoms with E-state index in [2.05, 4.69) is 0 Å². The van der Waals surface area contributed by atoms with Crippen LogP contribution in [0.1, 0.15) is 5.56 Å². The summed E-state index contributed by atoms with van der Waals surface area (Å²) < 4.78 is 0. The molecule has 1 aromatic carbocycles. The van der Waals surface area contributed by atoms with Crippen LogP contribution in [-0.4, -0.2) is 11.1 Å². The van der Waals surface area contributed by atoms with Gasteiger partial charge in [-0.3, -0.25) is 0 Å². The van der Waals surface area contributed by atoms with Crippen LogP contribution in [0.4, 0.5) is 0 Å². The Morgan fingerprint density at radius 3 is 2.19 bits per heavy atom. The van der Waals surface area contributed by atoms with Gasteiger partial charge in [0.1, 0.15) is 11.6 Å². The molecule has 1 N–H and O–H groups in total. The molecule has 0 aliphatic rings. The zero-order valence-electron chi connectivity index (χ0n) is 7.67. The van der Waals surface area contributed by atoms with Crippen molar-refractivity contribution in [1.82, 2.24) is 0 Å². The highest BCUT2D eigenvalue weighted by Gasteiger charge is 2.11. The predicted molar refractivity (Wildman–Crippen MR) is 62.7 cm³/mol. The van der Waals surface area contributed by atoms with Gasteiger partial charge in [-0.1, -0.05) is 34.8 Å². The Balaban J connectivity index is 3.36. The van der Waals surface area contributed by atoms with Crippen LogP contribution in [0.2, 0.25) is 15.1 Å². The number of hydrogen-bond donors (Lipinski definition) is 1. The number of benzene rings is 1. The van der Waals surface area contributed by atoms with Gasteiger partial charge in [0.2, 0.25) is 0 Å². The average Bonchev–Trinajstić information content (AvgIpc) is 2.15. The molecule has 16 heavy (non-hydrogen) atoms. The van der Waals surface area contributed by atoms with Crippen LogP contribution in [0, 0.1) is 11.3 Å². The lowest BCUT2D eigenvalue weighted by atomic mass is 10.1. The molecule has 0 fully saturated rings. The highest BCUT2D eigenvalue weighted by atomic mass is 35.5. The van der Waals surface area contributed by atoms with E-state index in [1.165, 1.54) is 18.2 Å². The molecule has 1 aromatic rings. The molecule has 0 unspecified atom stereocenters. The summed E-state index contributed by atoms with van der Waals surface area (Å²) in [6.07, 6.45) is 1.10. The number of nitriles is 1. The van der Waals surface area contributed by atoms with Gasteiger partial charge in [-0.25, -0.2) is 4.79 Å². The van der Waals surface area contributed by atoms with Crippen LogP contribution in [0.3, 0.4) is 0 Å². The number of carboxylic acid groups (broad SMARTS) is 1. The third-order valence-corrected chi connectivity index (χ3v) is 2.53. The second kappa shape index (κ2) is 5.22. The second-order valence-electron chi connectivity index (χ2n) is 2.76. The summed E-state index contributed by atoms with van der Waals surface area (Å²) in [5.41, 5.74) is -0.196. The van der Waals surface area contributed by atoms with Crippen molar-refractivity contribution in [3.63, 3.8) is 0 Å². The number of halogens is 3. The summed E-state index contributed by atoms with van der Waals surface area (Å²) in [5, 5.41) is 18.0. The van der Waals surface area contributed by atoms with Crippen molar-refractivity contribution in [2.75, 3.05) is 0 Å². The molecule has 0 atom stereocenters. The van der Waals surface area contributed by atoms with E-state index in [1.807, 2.05) is 0 Å². The summed E-state index contributed by atoms with van der Waals surface area (Å²) in [4.78, 5) is 10.6. The van der Waals surface area contributed by atoms with Gasteiger partial charge in [0.25, 0.3) is 0 Å². The first-order chi connectivity index (χ1) is 7.45. The lowest BCUT2D eigenvalue weighted by molar-refractivity contribution is -0.132. The standard InChI is InChI=1S/C10H4Cl3NO2/c11-6-2-8(12)7(9(13)3-6)1-5(4-14)10(15)16/h1-3H,(H,15,16). The SMILES string of the molecule is N#CC(=Cc1c(Cl)cc(Cl)cc1Cl)C(=O)O. The normalized spacial score (nSPS) is 11.0. The van der Waals surface area contributed by atoms with Gasteiger partial charge in [-0.15, -0.1) is 0 Å². The maximum Gasteiger partial charge on any atom is 0.346 e. The molecule has 0 radical (unpaired) electrons. The van der Waals surface area contributed by atoms with E-state index in [-0.39, 0.29) is 15.6 Å². The lowest BCUT2D eigenvalue weighted by Crippen LogP contribution is -1.97. The highest BCUT2D eigenvalue weighted by Crippen LogP contribution is 2.30. The minimum atomic E-state index is -1.34. The predicted octanol–water partition coefficient (Wildman–Crippen LogP) is 3.64. The Morgan fingerprint density at radius 2 is 1.81 bits per heavy atom. The smallest absolute Gasteiger partial charge is 0.346 e. The maximum absolute atomic E-state index is 10.6. The van der Waals surface area contributed by atoms with E-state index in [1.54, 1.807) is 0 Å². The molecule has 82 valence electrons. The summed E-state index contributed by atoms with van der Waals surface area (Å²) in [6, 6.07) is 4.36. The van der Waals surface area contributed by atoms with Crippen molar-refractivity contribution < 1.29 is 9.90 Å². The molecule has 0 spiro atoms. The largest absolute Gasteiger partial charge is 0.477 e. The molecule has 0 aliphatic carbocycles. The van der Waals surface area contributed by atoms with Crippen molar-refractivity contribution in [2.45, 2.75) is 0 Å². The molecule has 1 rings (SSSR count). The Bertz CT molecular complexity index is 494. The number of aliphatic carboxylic acids is 1. The Morgan fingerprint density at radius 1 is 1.31 bits per heavy atom. The van der Waals surface area contributed by atoms with E-state index in [0.29, 0.717) is 5.02 Å². The van der Waals surface area contributed by atoms with E-state index in [9.17, 15) is 4.79 Å². The topological polar surface area (TPSA) is 61.1 Å². The summed E-state index contributed by atoms with van der Waals surface area (Å²) in [7, 11) is 0. The molecule has 0 bridgehead atoms. The number of rotatable bonds is 2. The quantitative estimate of drug-likeness (QED) is 0.662. The first kappa shape index (κ1) is 12.9. The third-order valence-electron chi connectivity index (χ3n) is 1.68. The Kier molecular flexibility index (Phi) is 4.19. The monoisotopic (exact) mass is 275 g/mol. The fourth-order valence-electron chi connectivity index (χ4n) is 0.977. The maximum atomic E-state index is 10.6. The minimum Gasteiger partial charge on any atom is -0.477 e. The lowest BCUT2D eigenvalue weighted by Gasteiger charge is -2.02. The Hall–Kier alpha value is -1.21. The summed E-state index contributed by atoms with van der Waals surface area (Å²) in [5.74, 6) is -1.34. The van der Waals surface area contributed by atoms with Crippen molar-refractivity contribution in [2.24, 2.45) is 0 Å². The van der Waals surface area contributed by atoms with Crippen molar-refractivity contribution in [3.05, 3.63) is 38.3 Å². The second-order valence-corrected chi connectivity index (χ2v) is 4.01. The number of nitrogens with zero attached hydrogens (tertiary/aromatic N) is 1. The van der Waals surface area contributed by atoms with Gasteiger partial charge in [-0.05, 0) is 18.2 Å². The van der Waals surface area contributed by atoms with Crippen LogP contribution in [0.5, 0.6) is 0 Å². The number of carbonyl (C=O) groups is 1. The molecule has 6 heteroatoms. The molecule has 0 aromatic heterocycles. The van der Waals surface area contributed by atoms with Gasteiger partial charge < -0.3 is 5.11 Å². The number of carboxylic acids is 1. The molecular formula is C10H4Cl3NO2. The molecule has 0 aliphatic heterocycles. The fraction of sp³-hybridized carbons (Fsp3) is 0. The van der Waals surface area contributed by atoms with Crippen LogP contribution >= 0.6 is 34.8 Å². The van der Waals surface area contributed by atoms with Crippen LogP contribution in [0.25, 0.3) is 6.08 Å². The van der Waals surface area contributed by atoms with Crippen LogP contribution in [-0.2, 0) is 4.79 Å². The zero-order valence-corrected chi connectivity index (χ0v) is 9.94. The highest BCUT2D eigenvalue weighted by molar-refractivity contribution is 6.40. The van der Waals surface area contributed by atoms with Crippen molar-refractivity contribution in [1.29, 1.82) is 5.26 Å². The Labute approximate surface area is 106 Å². The summed E-state index contributed by atoms with van der Waals surface area (Å²) >= 11 is 17.3. The van der Waals surface area contributed by atoms with Gasteiger partial charge >= 0.3 is 5.97 Å². The number of hydrogen-bond acceptors (Lipinski definition) is 2. The molecule has 0 saturated carbocycles. The first-order valence-electron chi connectivity index (χ1n) is 3.95. The fourth-order valence-corrected chi connectivity index (χ4v) is 1.90. The van der Waals surface area contributed by atoms with Crippen LogP contribution < -0.4 is 0 Å². The molecular weight excluding hydrogens is 272 g/mol. The third kappa shape index (κ3) is 2.89. The van der Waals surface area contributed by atoms with Crippen molar-refractivity contribution >= 4 is 46.8 Å². The van der Waals surface area contributed by atoms with Crippen molar-refractivity contribution in [3.8, 4) is 6.07 Å². The van der Waals surface area contributed by atoms with E-state index in [0.717, 1.165) is 6.08 Å². The van der Waals surface area contributed by atoms with Crippen LogP contribution in [0.15, 0.2) is 17.7 Å². The first-order valence-corrected chi connectivity index (χ1v) is 5.08. The molecule has 0 amide bonds. The van der Waals surface area contributed by atoms with Gasteiger partial charge in [0, 0.05) is 10.6 Å². The van der Waals surface area contributed by atoms with E-state index in [4.69, 9.17) is 45.2 Å². The van der Waals surface area contributed by atoms with E-state index < -0.39 is 11.5 Å².